The normalized spacial score (nSPS) is 14.5. The molecule has 2 aromatic rings. The molecule has 0 spiro atoms. The first-order valence-electron chi connectivity index (χ1n) is 8.55. The highest BCUT2D eigenvalue weighted by atomic mass is 16.3. The minimum Gasteiger partial charge on any atom is -0.459 e. The minimum absolute atomic E-state index is 0.0639. The molecule has 0 saturated heterocycles. The van der Waals surface area contributed by atoms with Gasteiger partial charge in [0.15, 0.2) is 5.66 Å². The van der Waals surface area contributed by atoms with E-state index in [0.29, 0.717) is 25.8 Å². The van der Waals surface area contributed by atoms with Crippen LogP contribution in [0.25, 0.3) is 11.0 Å². The summed E-state index contributed by atoms with van der Waals surface area (Å²) < 4.78 is 6.01. The molecule has 130 valence electrons. The largest absolute Gasteiger partial charge is 0.459 e. The van der Waals surface area contributed by atoms with Gasteiger partial charge < -0.3 is 9.32 Å². The fraction of sp³-hybridized carbons (Fsp3) is 0.450. The molecule has 2 heterocycles. The summed E-state index contributed by atoms with van der Waals surface area (Å²) >= 11 is 0. The van der Waals surface area contributed by atoms with E-state index >= 15 is 0 Å². The van der Waals surface area contributed by atoms with E-state index in [1.165, 1.54) is 0 Å². The average molecular weight is 337 g/mol. The topological polar surface area (TPSA) is 58.2 Å². The van der Waals surface area contributed by atoms with Gasteiger partial charge >= 0.3 is 0 Å². The third-order valence-corrected chi connectivity index (χ3v) is 4.86. The van der Waals surface area contributed by atoms with Crippen LogP contribution < -0.4 is 0 Å². The van der Waals surface area contributed by atoms with Crippen LogP contribution in [-0.4, -0.2) is 23.5 Å². The second-order valence-electron chi connectivity index (χ2n) is 6.74. The number of amides is 1. The quantitative estimate of drug-likeness (QED) is 0.705. The maximum absolute atomic E-state index is 12.4. The van der Waals surface area contributed by atoms with Gasteiger partial charge in [-0.05, 0) is 19.4 Å². The lowest BCUT2D eigenvalue weighted by molar-refractivity contribution is -0.130. The summed E-state index contributed by atoms with van der Waals surface area (Å²) in [5.41, 5.74) is 2.69. The monoisotopic (exact) mass is 337 g/mol. The molecule has 0 bridgehead atoms. The Morgan fingerprint density at radius 3 is 2.72 bits per heavy atom. The summed E-state index contributed by atoms with van der Waals surface area (Å²) in [5, 5.41) is 9.27. The van der Waals surface area contributed by atoms with Gasteiger partial charge in [-0.25, -0.2) is 0 Å². The predicted octanol–water partition coefficient (Wildman–Crippen LogP) is 4.36. The summed E-state index contributed by atoms with van der Waals surface area (Å²) in [4.78, 5) is 14.2. The molecule has 5 heteroatoms. The third-order valence-electron chi connectivity index (χ3n) is 4.86. The van der Waals surface area contributed by atoms with Crippen LogP contribution in [0.2, 0.25) is 0 Å². The first kappa shape index (κ1) is 17.2. The predicted molar refractivity (Wildman–Crippen MR) is 97.1 cm³/mol. The highest BCUT2D eigenvalue weighted by molar-refractivity contribution is 5.84. The zero-order valence-corrected chi connectivity index (χ0v) is 15.0. The van der Waals surface area contributed by atoms with Crippen molar-refractivity contribution in [2.45, 2.75) is 51.7 Å². The van der Waals surface area contributed by atoms with Crippen molar-refractivity contribution in [3.8, 4) is 12.3 Å². The number of nitrogens with zero attached hydrogens (tertiary/aromatic N) is 3. The summed E-state index contributed by atoms with van der Waals surface area (Å²) in [6, 6.07) is 6.11. The number of aryl methyl sites for hydroxylation is 2. The minimum atomic E-state index is -0.407. The molecule has 1 aromatic carbocycles. The highest BCUT2D eigenvalue weighted by Gasteiger charge is 2.39. The van der Waals surface area contributed by atoms with Crippen LogP contribution in [0.15, 0.2) is 32.8 Å². The molecule has 3 rings (SSSR count). The van der Waals surface area contributed by atoms with Crippen molar-refractivity contribution in [3.63, 3.8) is 0 Å². The van der Waals surface area contributed by atoms with Crippen LogP contribution >= 0.6 is 0 Å². The Morgan fingerprint density at radius 1 is 1.32 bits per heavy atom. The van der Waals surface area contributed by atoms with Crippen molar-refractivity contribution in [2.75, 3.05) is 7.05 Å². The summed E-state index contributed by atoms with van der Waals surface area (Å²) in [6.07, 6.45) is 7.68. The van der Waals surface area contributed by atoms with Crippen LogP contribution in [-0.2, 0) is 11.3 Å². The second-order valence-corrected chi connectivity index (χ2v) is 6.74. The number of terminal acetylenes is 1. The number of hydrogen-bond donors (Lipinski definition) is 0. The fourth-order valence-corrected chi connectivity index (χ4v) is 3.05. The third kappa shape index (κ3) is 3.58. The smallest absolute Gasteiger partial charge is 0.222 e. The van der Waals surface area contributed by atoms with E-state index in [1.54, 1.807) is 11.9 Å². The van der Waals surface area contributed by atoms with E-state index in [0.717, 1.165) is 34.3 Å². The molecule has 0 atom stereocenters. The number of benzene rings is 1. The van der Waals surface area contributed by atoms with Gasteiger partial charge in [0.25, 0.3) is 0 Å². The Hall–Kier alpha value is -2.61. The molecular formula is C20H23N3O2. The summed E-state index contributed by atoms with van der Waals surface area (Å²) in [6.45, 7) is 4.53. The molecule has 0 radical (unpaired) electrons. The van der Waals surface area contributed by atoms with Gasteiger partial charge in [-0.15, -0.1) is 12.3 Å². The average Bonchev–Trinajstić information content (AvgIpc) is 3.31. The molecular weight excluding hydrogens is 314 g/mol. The molecule has 1 amide bonds. The Balaban J connectivity index is 1.61. The lowest BCUT2D eigenvalue weighted by Gasteiger charge is -2.17. The number of hydrogen-bond acceptors (Lipinski definition) is 4. The van der Waals surface area contributed by atoms with Crippen LogP contribution in [0.4, 0.5) is 0 Å². The van der Waals surface area contributed by atoms with Gasteiger partial charge in [0.05, 0.1) is 6.54 Å². The SMILES string of the molecule is C#CCCC1(CCC(=O)N(C)Cc2oc3c(C)cccc3c2C)N=N1. The van der Waals surface area contributed by atoms with E-state index in [-0.39, 0.29) is 5.91 Å². The summed E-state index contributed by atoms with van der Waals surface area (Å²) in [7, 11) is 1.80. The highest BCUT2D eigenvalue weighted by Crippen LogP contribution is 2.37. The van der Waals surface area contributed by atoms with E-state index < -0.39 is 5.66 Å². The van der Waals surface area contributed by atoms with Crippen LogP contribution in [0.1, 0.15) is 42.6 Å². The van der Waals surface area contributed by atoms with E-state index in [4.69, 9.17) is 10.8 Å². The van der Waals surface area contributed by atoms with E-state index in [2.05, 4.69) is 22.2 Å². The molecule has 0 unspecified atom stereocenters. The number of fused-ring (bicyclic) bond motifs is 1. The zero-order chi connectivity index (χ0) is 18.0. The van der Waals surface area contributed by atoms with Crippen molar-refractivity contribution in [1.82, 2.24) is 4.90 Å². The number of carbonyl (C=O) groups excluding carboxylic acids is 1. The zero-order valence-electron chi connectivity index (χ0n) is 15.0. The lowest BCUT2D eigenvalue weighted by Crippen LogP contribution is -2.27. The second kappa shape index (κ2) is 6.72. The van der Waals surface area contributed by atoms with Gasteiger partial charge in [-0.3, -0.25) is 4.79 Å². The van der Waals surface area contributed by atoms with Gasteiger partial charge in [0, 0.05) is 43.7 Å². The summed E-state index contributed by atoms with van der Waals surface area (Å²) in [5.74, 6) is 3.50. The van der Waals surface area contributed by atoms with E-state index in [1.807, 2.05) is 26.0 Å². The molecule has 0 fully saturated rings. The van der Waals surface area contributed by atoms with Crippen molar-refractivity contribution < 1.29 is 9.21 Å². The number of rotatable bonds is 7. The Kier molecular flexibility index (Phi) is 4.63. The maximum Gasteiger partial charge on any atom is 0.222 e. The van der Waals surface area contributed by atoms with Crippen molar-refractivity contribution >= 4 is 16.9 Å². The van der Waals surface area contributed by atoms with Gasteiger partial charge in [-0.2, -0.15) is 10.2 Å². The Bertz CT molecular complexity index is 867. The lowest BCUT2D eigenvalue weighted by atomic mass is 10.0. The molecule has 5 nitrogen and oxygen atoms in total. The van der Waals surface area contributed by atoms with E-state index in [9.17, 15) is 4.79 Å². The first-order valence-corrected chi connectivity index (χ1v) is 8.55. The molecule has 0 N–H and O–H groups in total. The Morgan fingerprint density at radius 2 is 2.08 bits per heavy atom. The molecule has 1 aliphatic rings. The van der Waals surface area contributed by atoms with Crippen molar-refractivity contribution in [2.24, 2.45) is 10.2 Å². The van der Waals surface area contributed by atoms with Crippen molar-refractivity contribution in [1.29, 1.82) is 0 Å². The molecule has 1 aliphatic heterocycles. The Labute approximate surface area is 148 Å². The maximum atomic E-state index is 12.4. The number of carbonyl (C=O) groups is 1. The molecule has 0 saturated carbocycles. The fourth-order valence-electron chi connectivity index (χ4n) is 3.05. The van der Waals surface area contributed by atoms with Gasteiger partial charge in [0.2, 0.25) is 5.91 Å². The van der Waals surface area contributed by atoms with Crippen LogP contribution in [0.5, 0.6) is 0 Å². The van der Waals surface area contributed by atoms with Crippen molar-refractivity contribution in [3.05, 3.63) is 35.1 Å². The number of para-hydroxylation sites is 1. The molecule has 0 aliphatic carbocycles. The van der Waals surface area contributed by atoms with Crippen LogP contribution in [0.3, 0.4) is 0 Å². The molecule has 1 aromatic heterocycles. The van der Waals surface area contributed by atoms with Crippen LogP contribution in [0, 0.1) is 26.2 Å². The van der Waals surface area contributed by atoms with Gasteiger partial charge in [-0.1, -0.05) is 18.2 Å². The van der Waals surface area contributed by atoms with Gasteiger partial charge in [0.1, 0.15) is 11.3 Å². The molecule has 25 heavy (non-hydrogen) atoms. The first-order chi connectivity index (χ1) is 12.0. The standard InChI is InChI=1S/C20H23N3O2/c1-5-6-11-20(21-22-20)12-10-18(24)23(4)13-17-15(3)16-9-7-8-14(2)19(16)25-17/h1,7-9H,6,10-13H2,2-4H3. The number of furan rings is 1.